The molecule has 1 aromatic heterocycles. The van der Waals surface area contributed by atoms with Gasteiger partial charge < -0.3 is 9.84 Å². The van der Waals surface area contributed by atoms with Crippen LogP contribution in [0.1, 0.15) is 35.5 Å². The molecule has 4 rings (SSSR count). The van der Waals surface area contributed by atoms with E-state index in [2.05, 4.69) is 15.5 Å². The zero-order valence-electron chi connectivity index (χ0n) is 16.3. The van der Waals surface area contributed by atoms with Crippen molar-refractivity contribution in [2.24, 2.45) is 0 Å². The smallest absolute Gasteiger partial charge is 0.251 e. The Hall–Kier alpha value is -3.04. The van der Waals surface area contributed by atoms with Crippen LogP contribution in [0, 0.1) is 0 Å². The molecule has 0 bridgehead atoms. The van der Waals surface area contributed by atoms with Crippen LogP contribution in [-0.2, 0) is 16.6 Å². The minimum atomic E-state index is -3.48. The highest BCUT2D eigenvalue weighted by molar-refractivity contribution is 7.89. The molecule has 2 aromatic carbocycles. The Labute approximate surface area is 175 Å². The minimum Gasteiger partial charge on any atom is -0.343 e. The summed E-state index contributed by atoms with van der Waals surface area (Å²) in [5, 5.41) is 6.65. The first kappa shape index (κ1) is 20.2. The number of rotatable bonds is 6. The lowest BCUT2D eigenvalue weighted by Gasteiger charge is -2.25. The highest BCUT2D eigenvalue weighted by atomic mass is 32.2. The number of hydrogen-bond donors (Lipinski definition) is 1. The van der Waals surface area contributed by atoms with Gasteiger partial charge in [0.1, 0.15) is 0 Å². The van der Waals surface area contributed by atoms with Gasteiger partial charge in [-0.25, -0.2) is 8.42 Å². The standard InChI is InChI=1S/C21H22N4O4S/c26-21(17-7-3-1-4-8-17)22-15-19-23-20(24-29-19)16-9-11-18(12-10-16)30(27,28)25-13-5-2-6-14-25/h1,3-4,7-12H,2,5-6,13-15H2,(H,22,26). The van der Waals surface area contributed by atoms with Crippen molar-refractivity contribution in [2.45, 2.75) is 30.7 Å². The molecule has 1 N–H and O–H groups in total. The van der Waals surface area contributed by atoms with E-state index in [4.69, 9.17) is 4.52 Å². The number of carbonyl (C=O) groups is 1. The second-order valence-electron chi connectivity index (χ2n) is 7.05. The summed E-state index contributed by atoms with van der Waals surface area (Å²) in [6.45, 7) is 1.22. The highest BCUT2D eigenvalue weighted by Gasteiger charge is 2.25. The molecule has 1 aliphatic heterocycles. The van der Waals surface area contributed by atoms with Crippen LogP contribution < -0.4 is 5.32 Å². The summed E-state index contributed by atoms with van der Waals surface area (Å²) >= 11 is 0. The molecule has 156 valence electrons. The van der Waals surface area contributed by atoms with E-state index in [1.54, 1.807) is 48.5 Å². The van der Waals surface area contributed by atoms with E-state index in [-0.39, 0.29) is 23.2 Å². The van der Waals surface area contributed by atoms with Gasteiger partial charge >= 0.3 is 0 Å². The van der Waals surface area contributed by atoms with Crippen LogP contribution in [0.15, 0.2) is 64.0 Å². The van der Waals surface area contributed by atoms with Gasteiger partial charge in [0.25, 0.3) is 5.91 Å². The molecular weight excluding hydrogens is 404 g/mol. The number of piperidine rings is 1. The molecule has 9 heteroatoms. The SMILES string of the molecule is O=C(NCc1nc(-c2ccc(S(=O)(=O)N3CCCCC3)cc2)no1)c1ccccc1. The van der Waals surface area contributed by atoms with Gasteiger partial charge in [-0.05, 0) is 49.2 Å². The third-order valence-electron chi connectivity index (χ3n) is 4.97. The zero-order valence-corrected chi connectivity index (χ0v) is 17.1. The second kappa shape index (κ2) is 8.76. The van der Waals surface area contributed by atoms with Crippen molar-refractivity contribution in [3.63, 3.8) is 0 Å². The average molecular weight is 426 g/mol. The van der Waals surface area contributed by atoms with Crippen LogP contribution in [0.25, 0.3) is 11.4 Å². The van der Waals surface area contributed by atoms with Gasteiger partial charge in [-0.2, -0.15) is 9.29 Å². The summed E-state index contributed by atoms with van der Waals surface area (Å²) in [5.41, 5.74) is 1.18. The molecule has 0 aliphatic carbocycles. The molecule has 0 saturated carbocycles. The van der Waals surface area contributed by atoms with Crippen molar-refractivity contribution in [3.8, 4) is 11.4 Å². The second-order valence-corrected chi connectivity index (χ2v) is 8.99. The Morgan fingerprint density at radius 1 is 1.00 bits per heavy atom. The summed E-state index contributed by atoms with van der Waals surface area (Å²) in [4.78, 5) is 16.6. The van der Waals surface area contributed by atoms with E-state index in [0.29, 0.717) is 30.0 Å². The first-order valence-electron chi connectivity index (χ1n) is 9.80. The number of carbonyl (C=O) groups excluding carboxylic acids is 1. The van der Waals surface area contributed by atoms with E-state index in [0.717, 1.165) is 19.3 Å². The predicted molar refractivity (Wildman–Crippen MR) is 110 cm³/mol. The molecule has 0 atom stereocenters. The van der Waals surface area contributed by atoms with Crippen LogP contribution in [0.4, 0.5) is 0 Å². The van der Waals surface area contributed by atoms with Gasteiger partial charge in [0.15, 0.2) is 0 Å². The quantitative estimate of drug-likeness (QED) is 0.650. The zero-order chi connectivity index (χ0) is 21.0. The number of nitrogens with zero attached hydrogens (tertiary/aromatic N) is 3. The van der Waals surface area contributed by atoms with Crippen molar-refractivity contribution >= 4 is 15.9 Å². The van der Waals surface area contributed by atoms with Crippen molar-refractivity contribution in [3.05, 3.63) is 66.1 Å². The normalized spacial score (nSPS) is 15.1. The number of hydrogen-bond acceptors (Lipinski definition) is 6. The summed E-state index contributed by atoms with van der Waals surface area (Å²) in [6.07, 6.45) is 2.85. The van der Waals surface area contributed by atoms with Gasteiger partial charge in [-0.3, -0.25) is 4.79 Å². The van der Waals surface area contributed by atoms with E-state index < -0.39 is 10.0 Å². The number of nitrogens with one attached hydrogen (secondary N) is 1. The maximum atomic E-state index is 12.7. The summed E-state index contributed by atoms with van der Waals surface area (Å²) in [6, 6.07) is 15.3. The van der Waals surface area contributed by atoms with Crippen molar-refractivity contribution < 1.29 is 17.7 Å². The van der Waals surface area contributed by atoms with Gasteiger partial charge in [0, 0.05) is 24.2 Å². The monoisotopic (exact) mass is 426 g/mol. The lowest BCUT2D eigenvalue weighted by Crippen LogP contribution is -2.35. The molecule has 0 radical (unpaired) electrons. The largest absolute Gasteiger partial charge is 0.343 e. The fraction of sp³-hybridized carbons (Fsp3) is 0.286. The Balaban J connectivity index is 1.41. The lowest BCUT2D eigenvalue weighted by molar-refractivity contribution is 0.0946. The van der Waals surface area contributed by atoms with E-state index >= 15 is 0 Å². The van der Waals surface area contributed by atoms with Crippen LogP contribution in [-0.4, -0.2) is 41.9 Å². The van der Waals surface area contributed by atoms with E-state index in [9.17, 15) is 13.2 Å². The molecule has 0 spiro atoms. The number of amides is 1. The maximum absolute atomic E-state index is 12.7. The average Bonchev–Trinajstić information content (AvgIpc) is 3.28. The summed E-state index contributed by atoms with van der Waals surface area (Å²) in [7, 11) is -3.48. The Morgan fingerprint density at radius 3 is 2.40 bits per heavy atom. The topological polar surface area (TPSA) is 105 Å². The molecular formula is C21H22N4O4S. The Kier molecular flexibility index (Phi) is 5.91. The third-order valence-corrected chi connectivity index (χ3v) is 6.88. The number of sulfonamides is 1. The predicted octanol–water partition coefficient (Wildman–Crippen LogP) is 2.84. The number of aromatic nitrogens is 2. The van der Waals surface area contributed by atoms with E-state index in [1.165, 1.54) is 4.31 Å². The molecule has 8 nitrogen and oxygen atoms in total. The lowest BCUT2D eigenvalue weighted by atomic mass is 10.2. The molecule has 1 aliphatic rings. The molecule has 1 amide bonds. The molecule has 30 heavy (non-hydrogen) atoms. The van der Waals surface area contributed by atoms with Crippen molar-refractivity contribution in [1.29, 1.82) is 0 Å². The molecule has 1 saturated heterocycles. The van der Waals surface area contributed by atoms with Crippen LogP contribution in [0.2, 0.25) is 0 Å². The van der Waals surface area contributed by atoms with Crippen molar-refractivity contribution in [1.82, 2.24) is 19.8 Å². The van der Waals surface area contributed by atoms with Gasteiger partial charge in [-0.15, -0.1) is 0 Å². The van der Waals surface area contributed by atoms with Crippen LogP contribution >= 0.6 is 0 Å². The minimum absolute atomic E-state index is 0.0994. The molecule has 2 heterocycles. The third kappa shape index (κ3) is 4.42. The van der Waals surface area contributed by atoms with Crippen LogP contribution in [0.5, 0.6) is 0 Å². The van der Waals surface area contributed by atoms with Gasteiger partial charge in [0.05, 0.1) is 11.4 Å². The molecule has 0 unspecified atom stereocenters. The summed E-state index contributed by atoms with van der Waals surface area (Å²) in [5.74, 6) is 0.364. The van der Waals surface area contributed by atoms with Crippen LogP contribution in [0.3, 0.4) is 0 Å². The van der Waals surface area contributed by atoms with E-state index in [1.807, 2.05) is 6.07 Å². The Morgan fingerprint density at radius 2 is 1.70 bits per heavy atom. The first-order valence-corrected chi connectivity index (χ1v) is 11.2. The maximum Gasteiger partial charge on any atom is 0.251 e. The van der Waals surface area contributed by atoms with Crippen molar-refractivity contribution in [2.75, 3.05) is 13.1 Å². The van der Waals surface area contributed by atoms with Gasteiger partial charge in [-0.1, -0.05) is 29.8 Å². The Bertz CT molecular complexity index is 1110. The first-order chi connectivity index (χ1) is 14.5. The number of benzene rings is 2. The fourth-order valence-electron chi connectivity index (χ4n) is 3.32. The molecule has 3 aromatic rings. The fourth-order valence-corrected chi connectivity index (χ4v) is 4.84. The molecule has 1 fully saturated rings. The summed E-state index contributed by atoms with van der Waals surface area (Å²) < 4.78 is 32.2. The van der Waals surface area contributed by atoms with Gasteiger partial charge in [0.2, 0.25) is 21.7 Å². The highest BCUT2D eigenvalue weighted by Crippen LogP contribution is 2.23.